The average Bonchev–Trinajstić information content (AvgIpc) is 2.52. The van der Waals surface area contributed by atoms with Crippen LogP contribution in [0.1, 0.15) is 0 Å². The molecule has 7 nitrogen and oxygen atoms in total. The minimum atomic E-state index is -0.627. The molecule has 1 aliphatic heterocycles. The van der Waals surface area contributed by atoms with Gasteiger partial charge in [0, 0.05) is 5.02 Å². The Morgan fingerprint density at radius 2 is 2.05 bits per heavy atom. The molecular weight excluding hydrogens is 335 g/mol. The van der Waals surface area contributed by atoms with Crippen LogP contribution < -0.4 is 15.6 Å². The van der Waals surface area contributed by atoms with Crippen LogP contribution in [0, 0.1) is 0 Å². The zero-order chi connectivity index (χ0) is 15.9. The molecule has 2 amide bonds. The van der Waals surface area contributed by atoms with Crippen LogP contribution in [0.3, 0.4) is 0 Å². The number of nitrogens with one attached hydrogen (secondary N) is 2. The van der Waals surface area contributed by atoms with Crippen LogP contribution >= 0.6 is 23.2 Å². The van der Waals surface area contributed by atoms with Crippen LogP contribution in [-0.2, 0) is 19.1 Å². The average molecular weight is 347 g/mol. The molecule has 1 aromatic carbocycles. The number of benzene rings is 1. The van der Waals surface area contributed by atoms with Crippen molar-refractivity contribution >= 4 is 35.0 Å². The van der Waals surface area contributed by atoms with Crippen molar-refractivity contribution in [2.24, 2.45) is 0 Å². The summed E-state index contributed by atoms with van der Waals surface area (Å²) in [6.07, 6.45) is 1.18. The molecule has 2 N–H and O–H groups in total. The molecule has 118 valence electrons. The first-order valence-corrected chi connectivity index (χ1v) is 6.93. The monoisotopic (exact) mass is 346 g/mol. The van der Waals surface area contributed by atoms with E-state index in [1.165, 1.54) is 18.4 Å². The Bertz CT molecular complexity index is 606. The minimum Gasteiger partial charge on any atom is -0.494 e. The van der Waals surface area contributed by atoms with Gasteiger partial charge in [-0.15, -0.1) is 0 Å². The molecule has 1 aromatic rings. The van der Waals surface area contributed by atoms with E-state index < -0.39 is 11.8 Å². The van der Waals surface area contributed by atoms with Crippen molar-refractivity contribution in [2.75, 3.05) is 19.8 Å². The summed E-state index contributed by atoms with van der Waals surface area (Å²) in [7, 11) is 0. The lowest BCUT2D eigenvalue weighted by Crippen LogP contribution is -2.45. The van der Waals surface area contributed by atoms with Crippen LogP contribution in [0.4, 0.5) is 0 Å². The second-order valence-corrected chi connectivity index (χ2v) is 4.91. The second kappa shape index (κ2) is 7.77. The zero-order valence-electron chi connectivity index (χ0n) is 11.2. The molecule has 9 heteroatoms. The second-order valence-electron chi connectivity index (χ2n) is 4.07. The van der Waals surface area contributed by atoms with Gasteiger partial charge in [0.25, 0.3) is 5.91 Å². The van der Waals surface area contributed by atoms with Gasteiger partial charge in [0.1, 0.15) is 25.2 Å². The number of carbonyl (C=O) groups excluding carboxylic acids is 2. The number of amides is 2. The highest BCUT2D eigenvalue weighted by molar-refractivity contribution is 6.35. The Labute approximate surface area is 136 Å². The number of hydrogen-bond donors (Lipinski definition) is 2. The predicted octanol–water partition coefficient (Wildman–Crippen LogP) is 1.41. The number of hydrogen-bond acceptors (Lipinski definition) is 5. The van der Waals surface area contributed by atoms with Crippen molar-refractivity contribution in [2.45, 2.75) is 0 Å². The summed E-state index contributed by atoms with van der Waals surface area (Å²) in [5.41, 5.74) is 4.34. The standard InChI is InChI=1S/C13H12Cl2N2O5/c14-8-1-2-10(9(15)5-8)22-7-12(18)16-17-13(19)11-6-20-3-4-21-11/h1-2,5-6H,3-4,7H2,(H,16,18)(H,17,19). The summed E-state index contributed by atoms with van der Waals surface area (Å²) < 4.78 is 15.2. The van der Waals surface area contributed by atoms with Gasteiger partial charge in [-0.3, -0.25) is 20.4 Å². The van der Waals surface area contributed by atoms with E-state index >= 15 is 0 Å². The lowest BCUT2D eigenvalue weighted by molar-refractivity contribution is -0.130. The van der Waals surface area contributed by atoms with Gasteiger partial charge in [-0.2, -0.15) is 0 Å². The van der Waals surface area contributed by atoms with Crippen molar-refractivity contribution in [3.05, 3.63) is 40.3 Å². The Morgan fingerprint density at radius 1 is 1.23 bits per heavy atom. The molecule has 0 atom stereocenters. The molecule has 0 unspecified atom stereocenters. The quantitative estimate of drug-likeness (QED) is 0.805. The maximum atomic E-state index is 11.6. The Balaban J connectivity index is 1.76. The first-order chi connectivity index (χ1) is 10.6. The topological polar surface area (TPSA) is 85.9 Å². The van der Waals surface area contributed by atoms with E-state index in [4.69, 9.17) is 37.4 Å². The molecule has 1 aliphatic rings. The number of hydrazine groups is 1. The first-order valence-electron chi connectivity index (χ1n) is 6.18. The third kappa shape index (κ3) is 4.71. The van der Waals surface area contributed by atoms with Gasteiger partial charge in [0.05, 0.1) is 5.02 Å². The summed E-state index contributed by atoms with van der Waals surface area (Å²) in [6.45, 7) is 0.308. The van der Waals surface area contributed by atoms with E-state index in [2.05, 4.69) is 10.9 Å². The van der Waals surface area contributed by atoms with Crippen LogP contribution in [0.2, 0.25) is 10.0 Å². The van der Waals surface area contributed by atoms with Crippen LogP contribution in [0.5, 0.6) is 5.75 Å². The van der Waals surface area contributed by atoms with Gasteiger partial charge in [-0.25, -0.2) is 0 Å². The molecule has 0 aromatic heterocycles. The lowest BCUT2D eigenvalue weighted by Gasteiger charge is -2.15. The highest BCUT2D eigenvalue weighted by Crippen LogP contribution is 2.27. The summed E-state index contributed by atoms with van der Waals surface area (Å²) in [6, 6.07) is 4.61. The Hall–Kier alpha value is -2.12. The fourth-order valence-corrected chi connectivity index (χ4v) is 1.91. The normalized spacial score (nSPS) is 13.3. The SMILES string of the molecule is O=C(COc1ccc(Cl)cc1Cl)NNC(=O)C1=COCCO1. The van der Waals surface area contributed by atoms with Gasteiger partial charge in [0.2, 0.25) is 5.76 Å². The highest BCUT2D eigenvalue weighted by Gasteiger charge is 2.15. The molecule has 0 saturated carbocycles. The van der Waals surface area contributed by atoms with Gasteiger partial charge < -0.3 is 14.2 Å². The summed E-state index contributed by atoms with van der Waals surface area (Å²) >= 11 is 11.6. The van der Waals surface area contributed by atoms with E-state index in [-0.39, 0.29) is 24.0 Å². The molecule has 0 aliphatic carbocycles. The van der Waals surface area contributed by atoms with E-state index in [1.54, 1.807) is 6.07 Å². The van der Waals surface area contributed by atoms with Crippen molar-refractivity contribution in [1.29, 1.82) is 0 Å². The number of halogens is 2. The predicted molar refractivity (Wildman–Crippen MR) is 78.2 cm³/mol. The third-order valence-corrected chi connectivity index (χ3v) is 2.97. The molecule has 0 fully saturated rings. The van der Waals surface area contributed by atoms with Crippen molar-refractivity contribution in [3.8, 4) is 5.75 Å². The number of ether oxygens (including phenoxy) is 3. The molecule has 0 spiro atoms. The van der Waals surface area contributed by atoms with Crippen LogP contribution in [-0.4, -0.2) is 31.6 Å². The molecule has 0 radical (unpaired) electrons. The van der Waals surface area contributed by atoms with Gasteiger partial charge >= 0.3 is 5.91 Å². The maximum Gasteiger partial charge on any atom is 0.308 e. The Kier molecular flexibility index (Phi) is 5.74. The van der Waals surface area contributed by atoms with E-state index in [9.17, 15) is 9.59 Å². The van der Waals surface area contributed by atoms with Gasteiger partial charge in [-0.05, 0) is 18.2 Å². The summed E-state index contributed by atoms with van der Waals surface area (Å²) in [5.74, 6) is -0.915. The molecule has 2 rings (SSSR count). The van der Waals surface area contributed by atoms with Crippen molar-refractivity contribution in [1.82, 2.24) is 10.9 Å². The van der Waals surface area contributed by atoms with Crippen molar-refractivity contribution < 1.29 is 23.8 Å². The first kappa shape index (κ1) is 16.3. The van der Waals surface area contributed by atoms with E-state index in [0.29, 0.717) is 17.4 Å². The van der Waals surface area contributed by atoms with Gasteiger partial charge in [0.15, 0.2) is 6.61 Å². The van der Waals surface area contributed by atoms with Crippen LogP contribution in [0.15, 0.2) is 30.2 Å². The summed E-state index contributed by atoms with van der Waals surface area (Å²) in [5, 5.41) is 0.735. The van der Waals surface area contributed by atoms with E-state index in [0.717, 1.165) is 0 Å². The smallest absolute Gasteiger partial charge is 0.308 e. The Morgan fingerprint density at radius 3 is 2.73 bits per heavy atom. The molecule has 0 saturated heterocycles. The zero-order valence-corrected chi connectivity index (χ0v) is 12.7. The number of carbonyl (C=O) groups is 2. The fraction of sp³-hybridized carbons (Fsp3) is 0.231. The largest absolute Gasteiger partial charge is 0.494 e. The minimum absolute atomic E-state index is 0.0202. The van der Waals surface area contributed by atoms with Gasteiger partial charge in [-0.1, -0.05) is 23.2 Å². The molecule has 22 heavy (non-hydrogen) atoms. The summed E-state index contributed by atoms with van der Waals surface area (Å²) in [4.78, 5) is 23.2. The fourth-order valence-electron chi connectivity index (χ4n) is 1.45. The van der Waals surface area contributed by atoms with Crippen LogP contribution in [0.25, 0.3) is 0 Å². The van der Waals surface area contributed by atoms with Crippen molar-refractivity contribution in [3.63, 3.8) is 0 Å². The third-order valence-electron chi connectivity index (χ3n) is 2.44. The number of rotatable bonds is 4. The molecule has 1 heterocycles. The van der Waals surface area contributed by atoms with E-state index in [1.807, 2.05) is 0 Å². The molecular formula is C13H12Cl2N2O5. The lowest BCUT2D eigenvalue weighted by atomic mass is 10.3. The maximum absolute atomic E-state index is 11.6. The highest BCUT2D eigenvalue weighted by atomic mass is 35.5. The molecule has 0 bridgehead atoms.